The Bertz CT molecular complexity index is 698. The molecule has 1 aromatic carbocycles. The molecule has 0 unspecified atom stereocenters. The van der Waals surface area contributed by atoms with Crippen molar-refractivity contribution in [1.29, 1.82) is 0 Å². The van der Waals surface area contributed by atoms with Crippen molar-refractivity contribution in [2.45, 2.75) is 4.90 Å². The van der Waals surface area contributed by atoms with Crippen molar-refractivity contribution in [3.05, 3.63) is 29.8 Å². The summed E-state index contributed by atoms with van der Waals surface area (Å²) in [6.45, 7) is -0.0975. The Balaban J connectivity index is 2.74. The van der Waals surface area contributed by atoms with Crippen molar-refractivity contribution < 1.29 is 16.8 Å². The van der Waals surface area contributed by atoms with Gasteiger partial charge in [-0.05, 0) is 12.1 Å². The molecule has 0 amide bonds. The highest BCUT2D eigenvalue weighted by Crippen LogP contribution is 2.11. The summed E-state index contributed by atoms with van der Waals surface area (Å²) in [4.78, 5) is 0.114. The smallest absolute Gasteiger partial charge is 0.240 e. The van der Waals surface area contributed by atoms with E-state index in [2.05, 4.69) is 9.44 Å². The number of thiocarbonyl (C=S) groups is 1. The standard InChI is InChI=1S/C10H15N3O4S3/c1-19(14,15)12-5-6-13-20(16,17)9-4-2-3-8(7-9)10(11)18/h2-4,7,12-13H,5-6H2,1H3,(H2,11,18). The zero-order valence-corrected chi connectivity index (χ0v) is 13.1. The van der Waals surface area contributed by atoms with Gasteiger partial charge >= 0.3 is 0 Å². The third-order valence-corrected chi connectivity index (χ3v) is 4.63. The number of rotatable bonds is 7. The summed E-state index contributed by atoms with van der Waals surface area (Å²) in [6.07, 6.45) is 0.993. The van der Waals surface area contributed by atoms with Crippen LogP contribution in [0.1, 0.15) is 5.56 Å². The maximum Gasteiger partial charge on any atom is 0.240 e. The molecule has 0 aliphatic carbocycles. The van der Waals surface area contributed by atoms with Gasteiger partial charge < -0.3 is 5.73 Å². The van der Waals surface area contributed by atoms with Gasteiger partial charge in [-0.25, -0.2) is 26.3 Å². The first-order valence-electron chi connectivity index (χ1n) is 5.46. The first-order valence-corrected chi connectivity index (χ1v) is 9.24. The van der Waals surface area contributed by atoms with E-state index in [1.54, 1.807) is 6.07 Å². The van der Waals surface area contributed by atoms with Crippen molar-refractivity contribution in [3.8, 4) is 0 Å². The lowest BCUT2D eigenvalue weighted by Gasteiger charge is -2.08. The number of hydrogen-bond acceptors (Lipinski definition) is 5. The van der Waals surface area contributed by atoms with Gasteiger partial charge in [0.15, 0.2) is 0 Å². The molecule has 112 valence electrons. The Hall–Kier alpha value is -1.07. The number of benzene rings is 1. The van der Waals surface area contributed by atoms with Crippen LogP contribution in [-0.4, -0.2) is 41.2 Å². The van der Waals surface area contributed by atoms with E-state index in [0.717, 1.165) is 6.26 Å². The van der Waals surface area contributed by atoms with Crippen LogP contribution in [0.2, 0.25) is 0 Å². The number of sulfonamides is 2. The maximum absolute atomic E-state index is 12.0. The van der Waals surface area contributed by atoms with Gasteiger partial charge in [0, 0.05) is 18.7 Å². The summed E-state index contributed by atoms with van der Waals surface area (Å²) in [6, 6.07) is 5.88. The highest BCUT2D eigenvalue weighted by atomic mass is 32.2. The molecule has 0 atom stereocenters. The summed E-state index contributed by atoms with van der Waals surface area (Å²) < 4.78 is 50.0. The quantitative estimate of drug-likeness (QED) is 0.440. The lowest BCUT2D eigenvalue weighted by Crippen LogP contribution is -2.34. The molecular formula is C10H15N3O4S3. The van der Waals surface area contributed by atoms with Gasteiger partial charge in [-0.1, -0.05) is 24.4 Å². The van der Waals surface area contributed by atoms with E-state index in [1.165, 1.54) is 18.2 Å². The van der Waals surface area contributed by atoms with Gasteiger partial charge in [0.1, 0.15) is 4.99 Å². The van der Waals surface area contributed by atoms with E-state index in [1.807, 2.05) is 0 Å². The summed E-state index contributed by atoms with van der Waals surface area (Å²) in [5, 5.41) is 0. The molecule has 0 aliphatic heterocycles. The van der Waals surface area contributed by atoms with Crippen LogP contribution < -0.4 is 15.2 Å². The monoisotopic (exact) mass is 337 g/mol. The Morgan fingerprint density at radius 1 is 1.20 bits per heavy atom. The van der Waals surface area contributed by atoms with Crippen LogP contribution in [0.15, 0.2) is 29.2 Å². The van der Waals surface area contributed by atoms with Crippen molar-refractivity contribution in [2.75, 3.05) is 19.3 Å². The molecule has 20 heavy (non-hydrogen) atoms. The normalized spacial score (nSPS) is 12.2. The first kappa shape index (κ1) is 17.0. The number of nitrogens with one attached hydrogen (secondary N) is 2. The third kappa shape index (κ3) is 5.51. The molecule has 4 N–H and O–H groups in total. The lowest BCUT2D eigenvalue weighted by molar-refractivity contribution is 0.573. The minimum Gasteiger partial charge on any atom is -0.389 e. The van der Waals surface area contributed by atoms with Crippen molar-refractivity contribution in [2.24, 2.45) is 5.73 Å². The molecule has 7 nitrogen and oxygen atoms in total. The minimum absolute atomic E-state index is 0.0159. The first-order chi connectivity index (χ1) is 9.12. The fourth-order valence-corrected chi connectivity index (χ4v) is 3.00. The van der Waals surface area contributed by atoms with Gasteiger partial charge in [0.25, 0.3) is 0 Å². The molecule has 1 aromatic rings. The van der Waals surface area contributed by atoms with Crippen molar-refractivity contribution >= 4 is 37.3 Å². The van der Waals surface area contributed by atoms with Crippen LogP contribution in [0.5, 0.6) is 0 Å². The van der Waals surface area contributed by atoms with Gasteiger partial charge in [-0.15, -0.1) is 0 Å². The van der Waals surface area contributed by atoms with Crippen LogP contribution in [0.25, 0.3) is 0 Å². The molecule has 0 saturated heterocycles. The summed E-state index contributed by atoms with van der Waals surface area (Å²) >= 11 is 4.78. The SMILES string of the molecule is CS(=O)(=O)NCCNS(=O)(=O)c1cccc(C(N)=S)c1. The number of nitrogens with two attached hydrogens (primary N) is 1. The van der Waals surface area contributed by atoms with E-state index < -0.39 is 20.0 Å². The molecule has 1 rings (SSSR count). The Kier molecular flexibility index (Phi) is 5.59. The molecule has 0 spiro atoms. The fourth-order valence-electron chi connectivity index (χ4n) is 1.32. The van der Waals surface area contributed by atoms with Crippen LogP contribution in [0.4, 0.5) is 0 Å². The van der Waals surface area contributed by atoms with Gasteiger partial charge in [-0.2, -0.15) is 0 Å². The van der Waals surface area contributed by atoms with E-state index >= 15 is 0 Å². The summed E-state index contributed by atoms with van der Waals surface area (Å²) in [7, 11) is -7.08. The average Bonchev–Trinajstić information content (AvgIpc) is 2.34. The predicted octanol–water partition coefficient (Wildman–Crippen LogP) is -0.852. The van der Waals surface area contributed by atoms with Crippen molar-refractivity contribution in [3.63, 3.8) is 0 Å². The predicted molar refractivity (Wildman–Crippen MR) is 80.4 cm³/mol. The van der Waals surface area contributed by atoms with Crippen molar-refractivity contribution in [1.82, 2.24) is 9.44 Å². The maximum atomic E-state index is 12.0. The summed E-state index contributed by atoms with van der Waals surface area (Å²) in [5.41, 5.74) is 5.88. The van der Waals surface area contributed by atoms with Crippen LogP contribution in [0, 0.1) is 0 Å². The molecule has 0 heterocycles. The lowest BCUT2D eigenvalue weighted by atomic mass is 10.2. The summed E-state index contributed by atoms with van der Waals surface area (Å²) in [5.74, 6) is 0. The van der Waals surface area contributed by atoms with Crippen LogP contribution in [-0.2, 0) is 20.0 Å². The topological polar surface area (TPSA) is 118 Å². The highest BCUT2D eigenvalue weighted by molar-refractivity contribution is 7.89. The molecule has 0 saturated carbocycles. The van der Waals surface area contributed by atoms with E-state index in [0.29, 0.717) is 5.56 Å². The molecule has 10 heteroatoms. The fraction of sp³-hybridized carbons (Fsp3) is 0.300. The van der Waals surface area contributed by atoms with E-state index in [4.69, 9.17) is 18.0 Å². The van der Waals surface area contributed by atoms with Gasteiger partial charge in [0.2, 0.25) is 20.0 Å². The zero-order chi connectivity index (χ0) is 15.4. The Morgan fingerprint density at radius 3 is 2.35 bits per heavy atom. The van der Waals surface area contributed by atoms with Gasteiger partial charge in [0.05, 0.1) is 11.2 Å². The Morgan fingerprint density at radius 2 is 1.80 bits per heavy atom. The highest BCUT2D eigenvalue weighted by Gasteiger charge is 2.14. The second-order valence-corrected chi connectivity index (χ2v) is 8.00. The molecule has 0 aromatic heterocycles. The molecule has 0 aliphatic rings. The Labute approximate surface area is 123 Å². The molecular weight excluding hydrogens is 322 g/mol. The number of hydrogen-bond donors (Lipinski definition) is 3. The third-order valence-electron chi connectivity index (χ3n) is 2.21. The minimum atomic E-state index is -3.73. The second kappa shape index (κ2) is 6.59. The van der Waals surface area contributed by atoms with Crippen LogP contribution in [0.3, 0.4) is 0 Å². The molecule has 0 radical (unpaired) electrons. The van der Waals surface area contributed by atoms with E-state index in [9.17, 15) is 16.8 Å². The second-order valence-electron chi connectivity index (χ2n) is 3.96. The average molecular weight is 337 g/mol. The molecule has 0 bridgehead atoms. The molecule has 0 fully saturated rings. The largest absolute Gasteiger partial charge is 0.389 e. The van der Waals surface area contributed by atoms with Gasteiger partial charge in [-0.3, -0.25) is 0 Å². The zero-order valence-electron chi connectivity index (χ0n) is 10.7. The van der Waals surface area contributed by atoms with E-state index in [-0.39, 0.29) is 23.0 Å². The van der Waals surface area contributed by atoms with Crippen LogP contribution >= 0.6 is 12.2 Å².